The van der Waals surface area contributed by atoms with E-state index in [2.05, 4.69) is 10.3 Å². The smallest absolute Gasteiger partial charge is 0.407 e. The Kier molecular flexibility index (Phi) is 4.13. The maximum absolute atomic E-state index is 11.7. The van der Waals surface area contributed by atoms with Crippen LogP contribution >= 0.6 is 0 Å². The van der Waals surface area contributed by atoms with Gasteiger partial charge in [-0.1, -0.05) is 0 Å². The van der Waals surface area contributed by atoms with E-state index in [1.807, 2.05) is 0 Å². The van der Waals surface area contributed by atoms with E-state index in [1.165, 1.54) is 4.90 Å². The minimum absolute atomic E-state index is 0.0178. The van der Waals surface area contributed by atoms with E-state index in [1.54, 1.807) is 24.5 Å². The van der Waals surface area contributed by atoms with Crippen LogP contribution in [0.4, 0.5) is 4.79 Å². The molecule has 2 aliphatic rings. The van der Waals surface area contributed by atoms with Crippen molar-refractivity contribution in [3.8, 4) is 5.75 Å². The quantitative estimate of drug-likeness (QED) is 0.812. The van der Waals surface area contributed by atoms with Gasteiger partial charge in [-0.15, -0.1) is 0 Å². The monoisotopic (exact) mass is 305 g/mol. The van der Waals surface area contributed by atoms with Crippen LogP contribution in [0.25, 0.3) is 0 Å². The molecule has 7 heteroatoms. The molecule has 1 aromatic heterocycles. The zero-order valence-electron chi connectivity index (χ0n) is 12.1. The molecular formula is C15H19N3O4. The number of carbonyl (C=O) groups is 2. The van der Waals surface area contributed by atoms with E-state index in [9.17, 15) is 9.59 Å². The first-order chi connectivity index (χ1) is 10.6. The number of aromatic nitrogens is 1. The molecule has 1 aliphatic carbocycles. The third kappa shape index (κ3) is 3.29. The van der Waals surface area contributed by atoms with Gasteiger partial charge < -0.3 is 20.1 Å². The van der Waals surface area contributed by atoms with Crippen molar-refractivity contribution in [3.05, 3.63) is 24.5 Å². The van der Waals surface area contributed by atoms with Crippen LogP contribution in [0, 0.1) is 17.8 Å². The van der Waals surface area contributed by atoms with Crippen LogP contribution in [0.3, 0.4) is 0 Å². The Morgan fingerprint density at radius 2 is 2.18 bits per heavy atom. The second-order valence-corrected chi connectivity index (χ2v) is 5.80. The largest absolute Gasteiger partial charge is 0.482 e. The Bertz CT molecular complexity index is 539. The Balaban J connectivity index is 1.29. The average Bonchev–Trinajstić information content (AvgIpc) is 2.96. The van der Waals surface area contributed by atoms with E-state index >= 15 is 0 Å². The maximum atomic E-state index is 11.7. The van der Waals surface area contributed by atoms with Crippen LogP contribution < -0.4 is 10.1 Å². The molecular weight excluding hydrogens is 286 g/mol. The molecule has 2 fully saturated rings. The highest BCUT2D eigenvalue weighted by Crippen LogP contribution is 2.53. The van der Waals surface area contributed by atoms with Crippen molar-refractivity contribution < 1.29 is 19.4 Å². The van der Waals surface area contributed by atoms with Gasteiger partial charge in [0, 0.05) is 25.8 Å². The number of hydrogen-bond donors (Lipinski definition) is 2. The van der Waals surface area contributed by atoms with Gasteiger partial charge in [0.25, 0.3) is 5.91 Å². The van der Waals surface area contributed by atoms with Crippen molar-refractivity contribution in [2.75, 3.05) is 26.2 Å². The van der Waals surface area contributed by atoms with Crippen LogP contribution in [0.2, 0.25) is 0 Å². The number of hydrogen-bond acceptors (Lipinski definition) is 4. The Morgan fingerprint density at radius 3 is 2.82 bits per heavy atom. The Morgan fingerprint density at radius 1 is 1.41 bits per heavy atom. The molecule has 2 heterocycles. The molecule has 118 valence electrons. The average molecular weight is 305 g/mol. The predicted molar refractivity (Wildman–Crippen MR) is 77.4 cm³/mol. The molecule has 1 aliphatic heterocycles. The predicted octanol–water partition coefficient (Wildman–Crippen LogP) is 0.823. The van der Waals surface area contributed by atoms with Gasteiger partial charge >= 0.3 is 6.09 Å². The molecule has 2 unspecified atom stereocenters. The highest BCUT2D eigenvalue weighted by atomic mass is 16.5. The van der Waals surface area contributed by atoms with Gasteiger partial charge in [-0.3, -0.25) is 9.78 Å². The number of carbonyl (C=O) groups excluding carboxylic acids is 1. The van der Waals surface area contributed by atoms with E-state index in [0.29, 0.717) is 43.1 Å². The van der Waals surface area contributed by atoms with Crippen molar-refractivity contribution in [1.29, 1.82) is 0 Å². The van der Waals surface area contributed by atoms with Gasteiger partial charge in [0.15, 0.2) is 6.61 Å². The number of ether oxygens (including phenoxy) is 1. The van der Waals surface area contributed by atoms with Gasteiger partial charge in [0.2, 0.25) is 0 Å². The van der Waals surface area contributed by atoms with Crippen molar-refractivity contribution in [2.45, 2.75) is 6.42 Å². The van der Waals surface area contributed by atoms with Crippen LogP contribution in [0.15, 0.2) is 24.5 Å². The summed E-state index contributed by atoms with van der Waals surface area (Å²) < 4.78 is 5.31. The molecule has 0 spiro atoms. The second-order valence-electron chi connectivity index (χ2n) is 5.80. The molecule has 3 rings (SSSR count). The lowest BCUT2D eigenvalue weighted by Crippen LogP contribution is -2.32. The van der Waals surface area contributed by atoms with Crippen molar-refractivity contribution in [1.82, 2.24) is 15.2 Å². The number of amides is 2. The number of carboxylic acid groups (broad SMARTS) is 1. The first-order valence-electron chi connectivity index (χ1n) is 7.42. The zero-order chi connectivity index (χ0) is 15.5. The number of pyridine rings is 1. The summed E-state index contributed by atoms with van der Waals surface area (Å²) in [7, 11) is 0. The molecule has 22 heavy (non-hydrogen) atoms. The summed E-state index contributed by atoms with van der Waals surface area (Å²) in [6.45, 7) is 1.88. The number of likely N-dealkylation sites (tertiary alicyclic amines) is 1. The lowest BCUT2D eigenvalue weighted by molar-refractivity contribution is -0.123. The molecule has 0 radical (unpaired) electrons. The van der Waals surface area contributed by atoms with Crippen LogP contribution in [0.5, 0.6) is 5.75 Å². The minimum Gasteiger partial charge on any atom is -0.482 e. The van der Waals surface area contributed by atoms with Crippen molar-refractivity contribution in [3.63, 3.8) is 0 Å². The summed E-state index contributed by atoms with van der Waals surface area (Å²) in [6, 6.07) is 3.50. The number of rotatable bonds is 6. The van der Waals surface area contributed by atoms with Gasteiger partial charge in [0.05, 0.1) is 6.20 Å². The minimum atomic E-state index is -0.827. The molecule has 0 bridgehead atoms. The topological polar surface area (TPSA) is 91.8 Å². The lowest BCUT2D eigenvalue weighted by atomic mass is 10.2. The Hall–Kier alpha value is -2.31. The fourth-order valence-corrected chi connectivity index (χ4v) is 3.24. The summed E-state index contributed by atoms with van der Waals surface area (Å²) in [4.78, 5) is 27.9. The number of nitrogens with one attached hydrogen (secondary N) is 1. The Labute approximate surface area is 128 Å². The van der Waals surface area contributed by atoms with Crippen molar-refractivity contribution in [2.24, 2.45) is 17.8 Å². The van der Waals surface area contributed by atoms with Crippen LogP contribution in [-0.4, -0.2) is 53.2 Å². The van der Waals surface area contributed by atoms with Gasteiger partial charge in [-0.2, -0.15) is 0 Å². The molecule has 1 saturated heterocycles. The molecule has 0 aromatic carbocycles. The molecule has 1 aromatic rings. The number of fused-ring (bicyclic) bond motifs is 1. The molecule has 7 nitrogen and oxygen atoms in total. The second kappa shape index (κ2) is 6.21. The van der Waals surface area contributed by atoms with E-state index in [-0.39, 0.29) is 12.5 Å². The fraction of sp³-hybridized carbons (Fsp3) is 0.533. The standard InChI is InChI=1S/C15H19N3O4/c19-14(9-22-10-2-1-4-16-6-10)17-5-3-11-12-7-18(15(20)21)8-13(11)12/h1-2,4,6,11-13H,3,5,7-9H2,(H,17,19)(H,20,21). The summed E-state index contributed by atoms with van der Waals surface area (Å²) in [5.41, 5.74) is 0. The molecule has 2 N–H and O–H groups in total. The van der Waals surface area contributed by atoms with E-state index in [4.69, 9.17) is 9.84 Å². The van der Waals surface area contributed by atoms with Crippen molar-refractivity contribution >= 4 is 12.0 Å². The normalized spacial score (nSPS) is 25.5. The molecule has 2 amide bonds. The number of piperidine rings is 1. The zero-order valence-corrected chi connectivity index (χ0v) is 12.1. The molecule has 1 saturated carbocycles. The third-order valence-corrected chi connectivity index (χ3v) is 4.45. The van der Waals surface area contributed by atoms with Crippen LogP contribution in [0.1, 0.15) is 6.42 Å². The fourth-order valence-electron chi connectivity index (χ4n) is 3.24. The first kappa shape index (κ1) is 14.6. The summed E-state index contributed by atoms with van der Waals surface area (Å²) in [6.07, 6.45) is 3.28. The van der Waals surface area contributed by atoms with Gasteiger partial charge in [-0.25, -0.2) is 4.79 Å². The first-order valence-corrected chi connectivity index (χ1v) is 7.42. The summed E-state index contributed by atoms with van der Waals surface area (Å²) >= 11 is 0. The maximum Gasteiger partial charge on any atom is 0.407 e. The third-order valence-electron chi connectivity index (χ3n) is 4.45. The van der Waals surface area contributed by atoms with Gasteiger partial charge in [0.1, 0.15) is 5.75 Å². The highest BCUT2D eigenvalue weighted by Gasteiger charge is 2.55. The SMILES string of the molecule is O=C(COc1cccnc1)NCCC1C2CN(C(=O)O)CC12. The number of nitrogens with zero attached hydrogens (tertiary/aromatic N) is 2. The van der Waals surface area contributed by atoms with Gasteiger partial charge in [-0.05, 0) is 36.3 Å². The summed E-state index contributed by atoms with van der Waals surface area (Å²) in [5, 5.41) is 11.7. The lowest BCUT2D eigenvalue weighted by Gasteiger charge is -2.15. The highest BCUT2D eigenvalue weighted by molar-refractivity contribution is 5.77. The van der Waals surface area contributed by atoms with Crippen LogP contribution in [-0.2, 0) is 4.79 Å². The molecule has 2 atom stereocenters. The van der Waals surface area contributed by atoms with E-state index < -0.39 is 6.09 Å². The summed E-state index contributed by atoms with van der Waals surface area (Å²) in [5.74, 6) is 1.94. The van der Waals surface area contributed by atoms with E-state index in [0.717, 1.165) is 6.42 Å².